The Hall–Kier alpha value is -3.28. The van der Waals surface area contributed by atoms with Crippen LogP contribution < -0.4 is 5.32 Å². The van der Waals surface area contributed by atoms with Crippen molar-refractivity contribution in [3.8, 4) is 11.4 Å². The van der Waals surface area contributed by atoms with Crippen molar-refractivity contribution in [1.82, 2.24) is 10.1 Å². The van der Waals surface area contributed by atoms with E-state index in [2.05, 4.69) is 15.5 Å². The third-order valence-electron chi connectivity index (χ3n) is 4.83. The molecule has 4 rings (SSSR count). The normalized spacial score (nSPS) is 13.8. The number of hydrogen-bond donors (Lipinski definition) is 1. The highest BCUT2D eigenvalue weighted by Gasteiger charge is 2.25. The number of hydrogen-bond acceptors (Lipinski definition) is 5. The van der Waals surface area contributed by atoms with Gasteiger partial charge in [0.15, 0.2) is 5.78 Å². The number of nitrogens with one attached hydrogen (secondary N) is 1. The van der Waals surface area contributed by atoms with Crippen LogP contribution in [0.3, 0.4) is 0 Å². The second kappa shape index (κ2) is 7.15. The number of carbonyl (C=O) groups excluding carboxylic acids is 2. The highest BCUT2D eigenvalue weighted by atomic mass is 16.5. The van der Waals surface area contributed by atoms with Gasteiger partial charge in [-0.2, -0.15) is 4.98 Å². The molecule has 1 aliphatic rings. The van der Waals surface area contributed by atoms with Gasteiger partial charge in [0.25, 0.3) is 5.91 Å². The van der Waals surface area contributed by atoms with Crippen LogP contribution in [0.15, 0.2) is 53.1 Å². The highest BCUT2D eigenvalue weighted by molar-refractivity contribution is 6.05. The summed E-state index contributed by atoms with van der Waals surface area (Å²) in [5, 5.41) is 6.88. The van der Waals surface area contributed by atoms with Gasteiger partial charge >= 0.3 is 0 Å². The van der Waals surface area contributed by atoms with Crippen molar-refractivity contribution in [2.24, 2.45) is 0 Å². The molecular weight excluding hydrogens is 342 g/mol. The Balaban J connectivity index is 1.50. The van der Waals surface area contributed by atoms with Crippen LogP contribution >= 0.6 is 0 Å². The van der Waals surface area contributed by atoms with Crippen LogP contribution in [0.5, 0.6) is 0 Å². The Bertz CT molecular complexity index is 988. The van der Waals surface area contributed by atoms with Crippen LogP contribution in [-0.2, 0) is 0 Å². The van der Waals surface area contributed by atoms with E-state index < -0.39 is 0 Å². The number of ketones is 1. The summed E-state index contributed by atoms with van der Waals surface area (Å²) >= 11 is 0. The van der Waals surface area contributed by atoms with Crippen molar-refractivity contribution in [3.05, 3.63) is 65.5 Å². The first-order valence-electron chi connectivity index (χ1n) is 8.96. The molecule has 1 fully saturated rings. The minimum absolute atomic E-state index is 0.0121. The molecule has 0 saturated heterocycles. The third-order valence-corrected chi connectivity index (χ3v) is 4.83. The summed E-state index contributed by atoms with van der Waals surface area (Å²) < 4.78 is 5.36. The van der Waals surface area contributed by atoms with Crippen LogP contribution in [0.2, 0.25) is 0 Å². The zero-order valence-corrected chi connectivity index (χ0v) is 14.9. The molecule has 1 amide bonds. The van der Waals surface area contributed by atoms with E-state index in [9.17, 15) is 9.59 Å². The second-order valence-electron chi connectivity index (χ2n) is 6.75. The molecule has 136 valence electrons. The smallest absolute Gasteiger partial charge is 0.255 e. The van der Waals surface area contributed by atoms with Crippen molar-refractivity contribution in [3.63, 3.8) is 0 Å². The number of nitrogens with zero attached hydrogens (tertiary/aromatic N) is 2. The number of anilines is 1. The van der Waals surface area contributed by atoms with Crippen LogP contribution in [-0.4, -0.2) is 21.8 Å². The Morgan fingerprint density at radius 1 is 1.07 bits per heavy atom. The molecule has 1 saturated carbocycles. The molecule has 1 aromatic heterocycles. The lowest BCUT2D eigenvalue weighted by Crippen LogP contribution is -2.12. The summed E-state index contributed by atoms with van der Waals surface area (Å²) in [6.07, 6.45) is 3.38. The molecule has 0 bridgehead atoms. The van der Waals surface area contributed by atoms with Crippen LogP contribution in [0.25, 0.3) is 11.4 Å². The fraction of sp³-hybridized carbons (Fsp3) is 0.238. The lowest BCUT2D eigenvalue weighted by atomic mass is 9.85. The molecule has 0 aliphatic heterocycles. The first-order chi connectivity index (χ1) is 13.1. The largest absolute Gasteiger partial charge is 0.339 e. The highest BCUT2D eigenvalue weighted by Crippen LogP contribution is 2.36. The molecule has 0 atom stereocenters. The summed E-state index contributed by atoms with van der Waals surface area (Å²) in [6.45, 7) is 1.51. The molecular formula is C21H19N3O3. The molecule has 1 heterocycles. The first kappa shape index (κ1) is 17.1. The third kappa shape index (κ3) is 3.65. The summed E-state index contributed by atoms with van der Waals surface area (Å²) in [7, 11) is 0. The molecule has 1 N–H and O–H groups in total. The summed E-state index contributed by atoms with van der Waals surface area (Å²) in [4.78, 5) is 28.3. The Kier molecular flexibility index (Phi) is 4.54. The quantitative estimate of drug-likeness (QED) is 0.678. The zero-order chi connectivity index (χ0) is 18.8. The minimum Gasteiger partial charge on any atom is -0.339 e. The van der Waals surface area contributed by atoms with Gasteiger partial charge in [0.1, 0.15) is 0 Å². The van der Waals surface area contributed by atoms with Crippen molar-refractivity contribution < 1.29 is 14.1 Å². The van der Waals surface area contributed by atoms with Gasteiger partial charge in [-0.25, -0.2) is 0 Å². The van der Waals surface area contributed by atoms with E-state index in [0.29, 0.717) is 34.4 Å². The SMILES string of the molecule is CC(=O)c1ccc(NC(=O)c2cccc(-c3noc(C4CCC4)n3)c2)cc1. The molecule has 6 nitrogen and oxygen atoms in total. The van der Waals surface area contributed by atoms with Crippen molar-refractivity contribution in [2.45, 2.75) is 32.1 Å². The Labute approximate surface area is 156 Å². The second-order valence-corrected chi connectivity index (χ2v) is 6.75. The number of aromatic nitrogens is 2. The van der Waals surface area contributed by atoms with E-state index in [-0.39, 0.29) is 11.7 Å². The molecule has 0 spiro atoms. The van der Waals surface area contributed by atoms with Gasteiger partial charge in [-0.1, -0.05) is 23.7 Å². The first-order valence-corrected chi connectivity index (χ1v) is 8.96. The molecule has 0 unspecified atom stereocenters. The predicted octanol–water partition coefficient (Wildman–Crippen LogP) is 4.46. The maximum absolute atomic E-state index is 12.5. The van der Waals surface area contributed by atoms with Crippen molar-refractivity contribution in [2.75, 3.05) is 5.32 Å². The number of rotatable bonds is 5. The Morgan fingerprint density at radius 3 is 2.52 bits per heavy atom. The Morgan fingerprint density at radius 2 is 1.85 bits per heavy atom. The van der Waals surface area contributed by atoms with Crippen LogP contribution in [0.1, 0.15) is 58.7 Å². The number of carbonyl (C=O) groups is 2. The number of amides is 1. The summed E-state index contributed by atoms with van der Waals surface area (Å²) in [5.41, 5.74) is 2.47. The summed E-state index contributed by atoms with van der Waals surface area (Å²) in [5.74, 6) is 1.29. The van der Waals surface area contributed by atoms with Gasteiger partial charge in [0.2, 0.25) is 11.7 Å². The van der Waals surface area contributed by atoms with Crippen molar-refractivity contribution >= 4 is 17.4 Å². The van der Waals surface area contributed by atoms with Crippen LogP contribution in [0, 0.1) is 0 Å². The molecule has 6 heteroatoms. The molecule has 27 heavy (non-hydrogen) atoms. The van der Waals surface area contributed by atoms with E-state index in [4.69, 9.17) is 4.52 Å². The van der Waals surface area contributed by atoms with E-state index >= 15 is 0 Å². The average molecular weight is 361 g/mol. The fourth-order valence-corrected chi connectivity index (χ4v) is 2.96. The maximum Gasteiger partial charge on any atom is 0.255 e. The number of Topliss-reactive ketones (excluding diaryl/α,β-unsaturated/α-hetero) is 1. The van der Waals surface area contributed by atoms with Gasteiger partial charge in [0, 0.05) is 28.3 Å². The molecule has 2 aromatic carbocycles. The predicted molar refractivity (Wildman–Crippen MR) is 101 cm³/mol. The number of benzene rings is 2. The van der Waals surface area contributed by atoms with Crippen molar-refractivity contribution in [1.29, 1.82) is 0 Å². The van der Waals surface area contributed by atoms with E-state index in [1.165, 1.54) is 13.3 Å². The lowest BCUT2D eigenvalue weighted by Gasteiger charge is -2.20. The summed E-state index contributed by atoms with van der Waals surface area (Å²) in [6, 6.07) is 13.9. The molecule has 1 aliphatic carbocycles. The molecule has 0 radical (unpaired) electrons. The zero-order valence-electron chi connectivity index (χ0n) is 14.9. The minimum atomic E-state index is -0.241. The standard InChI is InChI=1S/C21H19N3O3/c1-13(25)14-8-10-18(11-9-14)22-20(26)17-7-3-6-16(12-17)19-23-21(27-24-19)15-4-2-5-15/h3,6-12,15H,2,4-5H2,1H3,(H,22,26). The van der Waals surface area contributed by atoms with E-state index in [1.54, 1.807) is 42.5 Å². The topological polar surface area (TPSA) is 85.1 Å². The lowest BCUT2D eigenvalue weighted by molar-refractivity contribution is 0.101. The monoisotopic (exact) mass is 361 g/mol. The van der Waals surface area contributed by atoms with Gasteiger partial charge in [0.05, 0.1) is 0 Å². The van der Waals surface area contributed by atoms with Gasteiger partial charge in [-0.15, -0.1) is 0 Å². The maximum atomic E-state index is 12.5. The molecule has 3 aromatic rings. The van der Waals surface area contributed by atoms with E-state index in [0.717, 1.165) is 18.4 Å². The van der Waals surface area contributed by atoms with Gasteiger partial charge in [-0.05, 0) is 56.2 Å². The van der Waals surface area contributed by atoms with Gasteiger partial charge in [-0.3, -0.25) is 9.59 Å². The van der Waals surface area contributed by atoms with Gasteiger partial charge < -0.3 is 9.84 Å². The van der Waals surface area contributed by atoms with Crippen LogP contribution in [0.4, 0.5) is 5.69 Å². The fourth-order valence-electron chi connectivity index (χ4n) is 2.96. The average Bonchev–Trinajstić information content (AvgIpc) is 3.10. The van der Waals surface area contributed by atoms with E-state index in [1.807, 2.05) is 6.07 Å².